The van der Waals surface area contributed by atoms with Crippen LogP contribution in [0.15, 0.2) is 41.2 Å². The first kappa shape index (κ1) is 18.5. The summed E-state index contributed by atoms with van der Waals surface area (Å²) in [6.07, 6.45) is -0.838. The van der Waals surface area contributed by atoms with Crippen LogP contribution in [-0.4, -0.2) is 35.4 Å². The quantitative estimate of drug-likeness (QED) is 0.606. The highest BCUT2D eigenvalue weighted by molar-refractivity contribution is 5.73. The molecule has 2 amide bonds. The number of rotatable bonds is 7. The zero-order valence-electron chi connectivity index (χ0n) is 14.3. The van der Waals surface area contributed by atoms with Crippen molar-refractivity contribution in [2.24, 2.45) is 0 Å². The third kappa shape index (κ3) is 5.96. The summed E-state index contributed by atoms with van der Waals surface area (Å²) in [6, 6.07) is 10.5. The summed E-state index contributed by atoms with van der Waals surface area (Å²) < 4.78 is 5.40. The number of carbonyl (C=O) groups is 1. The molecular formula is C18H23N3O4. The number of amides is 2. The first-order chi connectivity index (χ1) is 12.0. The molecule has 1 unspecified atom stereocenters. The third-order valence-electron chi connectivity index (χ3n) is 3.60. The number of ether oxygens (including phenoxy) is 1. The molecular weight excluding hydrogens is 322 g/mol. The molecule has 7 nitrogen and oxygen atoms in total. The predicted molar refractivity (Wildman–Crippen MR) is 94.7 cm³/mol. The Kier molecular flexibility index (Phi) is 6.59. The lowest BCUT2D eigenvalue weighted by Crippen LogP contribution is -2.41. The number of nitrogens with one attached hydrogen (secondary N) is 3. The van der Waals surface area contributed by atoms with Gasteiger partial charge in [-0.15, -0.1) is 0 Å². The Morgan fingerprint density at radius 2 is 1.96 bits per heavy atom. The summed E-state index contributed by atoms with van der Waals surface area (Å²) >= 11 is 0. The molecule has 0 saturated heterocycles. The number of hydrogen-bond acceptors (Lipinski definition) is 4. The molecule has 0 saturated carbocycles. The normalized spacial score (nSPS) is 11.6. The lowest BCUT2D eigenvalue weighted by atomic mass is 10.1. The van der Waals surface area contributed by atoms with Crippen LogP contribution in [0.3, 0.4) is 0 Å². The maximum absolute atomic E-state index is 11.9. The molecule has 0 aliphatic heterocycles. The first-order valence-corrected chi connectivity index (χ1v) is 8.02. The third-order valence-corrected chi connectivity index (χ3v) is 3.60. The smallest absolute Gasteiger partial charge is 0.315 e. The van der Waals surface area contributed by atoms with E-state index in [0.29, 0.717) is 11.3 Å². The van der Waals surface area contributed by atoms with Gasteiger partial charge in [0.2, 0.25) is 0 Å². The van der Waals surface area contributed by atoms with Crippen LogP contribution in [0.25, 0.3) is 0 Å². The van der Waals surface area contributed by atoms with Crippen LogP contribution in [0.5, 0.6) is 5.75 Å². The van der Waals surface area contributed by atoms with Gasteiger partial charge in [-0.05, 0) is 37.6 Å². The molecule has 134 valence electrons. The summed E-state index contributed by atoms with van der Waals surface area (Å²) in [5, 5.41) is 15.0. The topological polar surface area (TPSA) is 103 Å². The van der Waals surface area contributed by atoms with Gasteiger partial charge in [-0.3, -0.25) is 4.79 Å². The fraction of sp³-hybridized carbons (Fsp3) is 0.333. The number of carbonyl (C=O) groups excluding carboxylic acids is 1. The van der Waals surface area contributed by atoms with Crippen molar-refractivity contribution in [2.75, 3.05) is 13.2 Å². The molecule has 0 aliphatic carbocycles. The van der Waals surface area contributed by atoms with Crippen LogP contribution in [0.2, 0.25) is 0 Å². The van der Waals surface area contributed by atoms with Gasteiger partial charge in [0.05, 0.1) is 6.54 Å². The molecule has 0 spiro atoms. The van der Waals surface area contributed by atoms with Gasteiger partial charge in [-0.2, -0.15) is 0 Å². The van der Waals surface area contributed by atoms with Gasteiger partial charge >= 0.3 is 6.03 Å². The molecule has 1 atom stereocenters. The van der Waals surface area contributed by atoms with Crippen molar-refractivity contribution in [1.29, 1.82) is 0 Å². The number of aliphatic hydroxyl groups is 1. The highest BCUT2D eigenvalue weighted by atomic mass is 16.5. The van der Waals surface area contributed by atoms with Crippen molar-refractivity contribution in [3.63, 3.8) is 0 Å². The lowest BCUT2D eigenvalue weighted by molar-refractivity contribution is 0.108. The highest BCUT2D eigenvalue weighted by Gasteiger charge is 2.10. The Labute approximate surface area is 146 Å². The minimum atomic E-state index is -0.838. The molecule has 0 radical (unpaired) electrons. The number of aryl methyl sites for hydroxylation is 2. The van der Waals surface area contributed by atoms with Crippen molar-refractivity contribution in [2.45, 2.75) is 26.5 Å². The number of urea groups is 1. The van der Waals surface area contributed by atoms with Crippen molar-refractivity contribution in [3.8, 4) is 5.75 Å². The van der Waals surface area contributed by atoms with Crippen molar-refractivity contribution in [1.82, 2.24) is 15.6 Å². The van der Waals surface area contributed by atoms with E-state index in [-0.39, 0.29) is 25.3 Å². The van der Waals surface area contributed by atoms with Crippen LogP contribution in [0.1, 0.15) is 16.8 Å². The molecule has 4 N–H and O–H groups in total. The van der Waals surface area contributed by atoms with E-state index < -0.39 is 12.1 Å². The van der Waals surface area contributed by atoms with Crippen molar-refractivity contribution < 1.29 is 14.6 Å². The minimum Gasteiger partial charge on any atom is -0.491 e. The fourth-order valence-electron chi connectivity index (χ4n) is 2.31. The second-order valence-electron chi connectivity index (χ2n) is 5.78. The van der Waals surface area contributed by atoms with E-state index in [2.05, 4.69) is 15.6 Å². The fourth-order valence-corrected chi connectivity index (χ4v) is 2.31. The zero-order valence-corrected chi connectivity index (χ0v) is 14.3. The van der Waals surface area contributed by atoms with Crippen molar-refractivity contribution in [3.05, 3.63) is 63.6 Å². The number of para-hydroxylation sites is 1. The second kappa shape index (κ2) is 8.89. The Hall–Kier alpha value is -2.80. The van der Waals surface area contributed by atoms with Gasteiger partial charge in [-0.25, -0.2) is 4.79 Å². The SMILES string of the molecule is Cc1cc(C)c(CNC(=O)NCC(O)COc2ccccc2)c(=O)[nH]1. The Balaban J connectivity index is 1.73. The number of aromatic nitrogens is 1. The van der Waals surface area contributed by atoms with Gasteiger partial charge in [0, 0.05) is 17.8 Å². The van der Waals surface area contributed by atoms with Gasteiger partial charge < -0.3 is 25.5 Å². The van der Waals surface area contributed by atoms with E-state index in [1.807, 2.05) is 31.2 Å². The van der Waals surface area contributed by atoms with Gasteiger partial charge in [0.15, 0.2) is 0 Å². The molecule has 1 heterocycles. The molecule has 2 aromatic rings. The molecule has 1 aromatic heterocycles. The standard InChI is InChI=1S/C18H23N3O4/c1-12-8-13(2)21-17(23)16(12)10-20-18(24)19-9-14(22)11-25-15-6-4-3-5-7-15/h3-8,14,22H,9-11H2,1-2H3,(H,21,23)(H2,19,20,24). The zero-order chi connectivity index (χ0) is 18.2. The van der Waals surface area contributed by atoms with Crippen molar-refractivity contribution >= 4 is 6.03 Å². The summed E-state index contributed by atoms with van der Waals surface area (Å²) in [4.78, 5) is 26.4. The maximum atomic E-state index is 11.9. The van der Waals surface area contributed by atoms with Gasteiger partial charge in [0.25, 0.3) is 5.56 Å². The van der Waals surface area contributed by atoms with Gasteiger partial charge in [0.1, 0.15) is 18.5 Å². The van der Waals surface area contributed by atoms with Crippen LogP contribution in [-0.2, 0) is 6.54 Å². The average Bonchev–Trinajstić information content (AvgIpc) is 2.58. The largest absolute Gasteiger partial charge is 0.491 e. The number of H-pyrrole nitrogens is 1. The number of aromatic amines is 1. The Morgan fingerprint density at radius 3 is 2.64 bits per heavy atom. The molecule has 25 heavy (non-hydrogen) atoms. The minimum absolute atomic E-state index is 0.0436. The second-order valence-corrected chi connectivity index (χ2v) is 5.78. The number of benzene rings is 1. The maximum Gasteiger partial charge on any atom is 0.315 e. The molecule has 7 heteroatoms. The van der Waals surface area contributed by atoms with Crippen LogP contribution < -0.4 is 20.9 Å². The Morgan fingerprint density at radius 1 is 1.24 bits per heavy atom. The van der Waals surface area contributed by atoms with Crippen LogP contribution in [0, 0.1) is 13.8 Å². The average molecular weight is 345 g/mol. The van der Waals surface area contributed by atoms with E-state index in [0.717, 1.165) is 11.3 Å². The van der Waals surface area contributed by atoms with Crippen LogP contribution in [0.4, 0.5) is 4.79 Å². The predicted octanol–water partition coefficient (Wildman–Crippen LogP) is 1.23. The summed E-state index contributed by atoms with van der Waals surface area (Å²) in [5.74, 6) is 0.653. The summed E-state index contributed by atoms with van der Waals surface area (Å²) in [6.45, 7) is 3.85. The summed E-state index contributed by atoms with van der Waals surface area (Å²) in [5.41, 5.74) is 1.89. The van der Waals surface area contributed by atoms with E-state index in [1.165, 1.54) is 0 Å². The highest BCUT2D eigenvalue weighted by Crippen LogP contribution is 2.08. The summed E-state index contributed by atoms with van der Waals surface area (Å²) in [7, 11) is 0. The van der Waals surface area contributed by atoms with Crippen LogP contribution >= 0.6 is 0 Å². The first-order valence-electron chi connectivity index (χ1n) is 8.02. The van der Waals surface area contributed by atoms with E-state index >= 15 is 0 Å². The number of hydrogen-bond donors (Lipinski definition) is 4. The molecule has 0 aliphatic rings. The Bertz CT molecular complexity index is 759. The molecule has 2 rings (SSSR count). The van der Waals surface area contributed by atoms with Gasteiger partial charge in [-0.1, -0.05) is 18.2 Å². The molecule has 1 aromatic carbocycles. The number of pyridine rings is 1. The number of aliphatic hydroxyl groups excluding tert-OH is 1. The monoisotopic (exact) mass is 345 g/mol. The molecule has 0 fully saturated rings. The molecule has 0 bridgehead atoms. The lowest BCUT2D eigenvalue weighted by Gasteiger charge is -2.14. The van der Waals surface area contributed by atoms with E-state index in [9.17, 15) is 14.7 Å². The van der Waals surface area contributed by atoms with E-state index in [1.54, 1.807) is 19.1 Å². The van der Waals surface area contributed by atoms with E-state index in [4.69, 9.17) is 4.74 Å².